The van der Waals surface area contributed by atoms with Gasteiger partial charge in [0.1, 0.15) is 5.00 Å². The number of nitrogens with one attached hydrogen (secondary N) is 2. The number of piperidine rings is 2. The molecule has 3 aliphatic heterocycles. The molecule has 3 aliphatic rings. The Hall–Kier alpha value is -3.18. The molecule has 11 heteroatoms. The predicted octanol–water partition coefficient (Wildman–Crippen LogP) is 3.87. The van der Waals surface area contributed by atoms with Crippen LogP contribution in [0.2, 0.25) is 0 Å². The zero-order valence-electron chi connectivity index (χ0n) is 22.1. The topological polar surface area (TPSA) is 111 Å². The molecule has 10 nitrogen and oxygen atoms in total. The van der Waals surface area contributed by atoms with E-state index in [1.807, 2.05) is 49.9 Å². The first-order chi connectivity index (χ1) is 18.2. The summed E-state index contributed by atoms with van der Waals surface area (Å²) in [5.74, 6) is -0.318. The number of amides is 5. The van der Waals surface area contributed by atoms with Gasteiger partial charge in [0.15, 0.2) is 0 Å². The number of hydrogen-bond donors (Lipinski definition) is 2. The second-order valence-electron chi connectivity index (χ2n) is 10.5. The number of urea groups is 1. The zero-order chi connectivity index (χ0) is 27.0. The Bertz CT molecular complexity index is 1250. The monoisotopic (exact) mass is 541 g/mol. The number of nitrogens with zero attached hydrogens (tertiary/aromatic N) is 3. The van der Waals surface area contributed by atoms with Crippen molar-refractivity contribution in [2.45, 2.75) is 64.1 Å². The molecule has 38 heavy (non-hydrogen) atoms. The molecule has 0 bridgehead atoms. The molecule has 1 unspecified atom stereocenters. The van der Waals surface area contributed by atoms with Crippen LogP contribution in [0.15, 0.2) is 24.3 Å². The third-order valence-electron chi connectivity index (χ3n) is 7.73. The van der Waals surface area contributed by atoms with E-state index in [-0.39, 0.29) is 29.9 Å². The minimum absolute atomic E-state index is 0.0877. The highest BCUT2D eigenvalue weighted by atomic mass is 32.1. The van der Waals surface area contributed by atoms with E-state index in [4.69, 9.17) is 4.74 Å². The number of imide groups is 1. The Morgan fingerprint density at radius 1 is 1.16 bits per heavy atom. The number of carbonyl (C=O) groups is 4. The lowest BCUT2D eigenvalue weighted by Crippen LogP contribution is -2.58. The molecule has 3 fully saturated rings. The molecule has 2 aromatic rings. The molecule has 4 heterocycles. The highest BCUT2D eigenvalue weighted by molar-refractivity contribution is 7.23. The van der Waals surface area contributed by atoms with Crippen molar-refractivity contribution in [2.75, 3.05) is 38.0 Å². The lowest BCUT2D eigenvalue weighted by atomic mass is 9.89. The van der Waals surface area contributed by atoms with Crippen molar-refractivity contribution >= 4 is 50.4 Å². The van der Waals surface area contributed by atoms with Crippen LogP contribution in [-0.4, -0.2) is 89.0 Å². The molecule has 1 atom stereocenters. The Morgan fingerprint density at radius 2 is 1.89 bits per heavy atom. The van der Waals surface area contributed by atoms with Crippen molar-refractivity contribution in [2.24, 2.45) is 0 Å². The van der Waals surface area contributed by atoms with Gasteiger partial charge >= 0.3 is 12.1 Å². The van der Waals surface area contributed by atoms with Gasteiger partial charge in [-0.15, -0.1) is 11.3 Å². The SMILES string of the molecule is CCNC(=O)Nc1sc2ccccc2c1C(=O)N1CCC(N2CCCC3(C2)OC(=O)N(C(C)C)C3=O)CC1. The number of fused-ring (bicyclic) bond motifs is 1. The fourth-order valence-electron chi connectivity index (χ4n) is 5.88. The van der Waals surface area contributed by atoms with Crippen LogP contribution >= 0.6 is 11.3 Å². The van der Waals surface area contributed by atoms with Gasteiger partial charge in [0.2, 0.25) is 5.60 Å². The average Bonchev–Trinajstić information content (AvgIpc) is 3.37. The number of carbonyl (C=O) groups excluding carboxylic acids is 4. The minimum atomic E-state index is -1.10. The van der Waals surface area contributed by atoms with Crippen LogP contribution in [0.3, 0.4) is 0 Å². The van der Waals surface area contributed by atoms with Gasteiger partial charge in [-0.3, -0.25) is 19.8 Å². The van der Waals surface area contributed by atoms with Crippen LogP contribution < -0.4 is 10.6 Å². The Kier molecular flexibility index (Phi) is 7.32. The number of hydrogen-bond acceptors (Lipinski definition) is 7. The molecular weight excluding hydrogens is 506 g/mol. The second kappa shape index (κ2) is 10.5. The molecule has 3 saturated heterocycles. The van der Waals surface area contributed by atoms with Gasteiger partial charge in [0.05, 0.1) is 5.56 Å². The normalized spacial score (nSPS) is 22.9. The molecular formula is C27H35N5O5S. The summed E-state index contributed by atoms with van der Waals surface area (Å²) in [6.45, 7) is 8.35. The summed E-state index contributed by atoms with van der Waals surface area (Å²) in [5, 5.41) is 6.99. The first-order valence-corrected chi connectivity index (χ1v) is 14.2. The summed E-state index contributed by atoms with van der Waals surface area (Å²) >= 11 is 1.40. The van der Waals surface area contributed by atoms with Crippen molar-refractivity contribution in [3.05, 3.63) is 29.8 Å². The zero-order valence-corrected chi connectivity index (χ0v) is 22.9. The van der Waals surface area contributed by atoms with Crippen LogP contribution in [0.5, 0.6) is 0 Å². The largest absolute Gasteiger partial charge is 0.431 e. The van der Waals surface area contributed by atoms with Crippen LogP contribution in [0, 0.1) is 0 Å². The van der Waals surface area contributed by atoms with Crippen molar-refractivity contribution in [3.8, 4) is 0 Å². The van der Waals surface area contributed by atoms with Gasteiger partial charge < -0.3 is 15.0 Å². The quantitative estimate of drug-likeness (QED) is 0.595. The number of benzene rings is 1. The van der Waals surface area contributed by atoms with Gasteiger partial charge in [-0.2, -0.15) is 0 Å². The van der Waals surface area contributed by atoms with Crippen LogP contribution in [0.25, 0.3) is 10.1 Å². The smallest absolute Gasteiger partial charge is 0.418 e. The van der Waals surface area contributed by atoms with E-state index in [2.05, 4.69) is 15.5 Å². The molecule has 1 spiro atoms. The van der Waals surface area contributed by atoms with Gasteiger partial charge in [-0.25, -0.2) is 14.5 Å². The lowest BCUT2D eigenvalue weighted by molar-refractivity contribution is -0.143. The summed E-state index contributed by atoms with van der Waals surface area (Å²) in [5.41, 5.74) is -0.564. The Balaban J connectivity index is 1.28. The minimum Gasteiger partial charge on any atom is -0.431 e. The van der Waals surface area contributed by atoms with E-state index in [1.54, 1.807) is 0 Å². The number of likely N-dealkylation sites (tertiary alicyclic amines) is 2. The number of thiophene rings is 1. The molecule has 1 aromatic heterocycles. The van der Waals surface area contributed by atoms with Crippen LogP contribution in [-0.2, 0) is 9.53 Å². The maximum Gasteiger partial charge on any atom is 0.418 e. The third-order valence-corrected chi connectivity index (χ3v) is 8.82. The molecule has 204 valence electrons. The summed E-state index contributed by atoms with van der Waals surface area (Å²) in [6, 6.07) is 7.33. The number of anilines is 1. The van der Waals surface area contributed by atoms with Gasteiger partial charge in [-0.1, -0.05) is 18.2 Å². The van der Waals surface area contributed by atoms with Crippen LogP contribution in [0.1, 0.15) is 56.8 Å². The van der Waals surface area contributed by atoms with Crippen molar-refractivity contribution in [1.82, 2.24) is 20.0 Å². The standard InChI is InChI=1S/C27H35N5O5S/c1-4-28-25(35)29-22-21(19-8-5-6-9-20(19)38-22)23(33)30-14-10-18(11-15-30)31-13-7-12-27(16-31)24(34)32(17(2)3)26(36)37-27/h5-6,8-9,17-18H,4,7,10-16H2,1-3H3,(H2,28,29,35). The highest BCUT2D eigenvalue weighted by Gasteiger charge is 2.56. The van der Waals surface area contributed by atoms with E-state index in [1.165, 1.54) is 16.2 Å². The highest BCUT2D eigenvalue weighted by Crippen LogP contribution is 2.38. The Morgan fingerprint density at radius 3 is 2.58 bits per heavy atom. The lowest BCUT2D eigenvalue weighted by Gasteiger charge is -2.44. The van der Waals surface area contributed by atoms with Crippen molar-refractivity contribution in [1.29, 1.82) is 0 Å². The molecule has 5 rings (SSSR count). The van der Waals surface area contributed by atoms with E-state index < -0.39 is 11.7 Å². The maximum absolute atomic E-state index is 13.7. The van der Waals surface area contributed by atoms with Gasteiger partial charge in [0, 0.05) is 48.3 Å². The maximum atomic E-state index is 13.7. The molecule has 0 saturated carbocycles. The Labute approximate surface area is 226 Å². The van der Waals surface area contributed by atoms with Gasteiger partial charge in [0.25, 0.3) is 11.8 Å². The molecule has 5 amide bonds. The van der Waals surface area contributed by atoms with Crippen molar-refractivity contribution < 1.29 is 23.9 Å². The van der Waals surface area contributed by atoms with E-state index in [9.17, 15) is 19.2 Å². The molecule has 1 aromatic carbocycles. The van der Waals surface area contributed by atoms with Crippen LogP contribution in [0.4, 0.5) is 14.6 Å². The molecule has 0 radical (unpaired) electrons. The fraction of sp³-hybridized carbons (Fsp3) is 0.556. The molecule has 2 N–H and O–H groups in total. The van der Waals surface area contributed by atoms with E-state index >= 15 is 0 Å². The summed E-state index contributed by atoms with van der Waals surface area (Å²) in [6.07, 6.45) is 2.30. The number of ether oxygens (including phenoxy) is 1. The van der Waals surface area contributed by atoms with Crippen molar-refractivity contribution in [3.63, 3.8) is 0 Å². The summed E-state index contributed by atoms with van der Waals surface area (Å²) in [4.78, 5) is 56.9. The third kappa shape index (κ3) is 4.73. The fourth-order valence-corrected chi connectivity index (χ4v) is 6.97. The van der Waals surface area contributed by atoms with E-state index in [0.717, 1.165) is 35.9 Å². The molecule has 0 aliphatic carbocycles. The average molecular weight is 542 g/mol. The summed E-state index contributed by atoms with van der Waals surface area (Å²) in [7, 11) is 0. The van der Waals surface area contributed by atoms with Gasteiger partial charge in [-0.05, 0) is 59.1 Å². The second-order valence-corrected chi connectivity index (χ2v) is 11.6. The number of rotatable bonds is 5. The first-order valence-electron chi connectivity index (χ1n) is 13.4. The predicted molar refractivity (Wildman–Crippen MR) is 145 cm³/mol. The first kappa shape index (κ1) is 26.4. The van der Waals surface area contributed by atoms with E-state index in [0.29, 0.717) is 43.2 Å². The summed E-state index contributed by atoms with van der Waals surface area (Å²) < 4.78 is 6.65.